The maximum atomic E-state index is 12.2. The molecule has 10 heteroatoms. The molecule has 5 rings (SSSR count). The van der Waals surface area contributed by atoms with Gasteiger partial charge >= 0.3 is 0 Å². The van der Waals surface area contributed by atoms with E-state index in [2.05, 4.69) is 40.9 Å². The van der Waals surface area contributed by atoms with Crippen LogP contribution in [0.15, 0.2) is 67.0 Å². The molecule has 1 saturated heterocycles. The van der Waals surface area contributed by atoms with Crippen LogP contribution in [0.5, 0.6) is 0 Å². The van der Waals surface area contributed by atoms with E-state index in [1.807, 2.05) is 37.3 Å². The van der Waals surface area contributed by atoms with Crippen molar-refractivity contribution in [1.82, 2.24) is 30.2 Å². The maximum Gasteiger partial charge on any atom is 0.259 e. The second-order valence-corrected chi connectivity index (χ2v) is 8.38. The molecule has 176 valence electrons. The average Bonchev–Trinajstić information content (AvgIpc) is 2.84. The van der Waals surface area contributed by atoms with E-state index in [0.29, 0.717) is 41.1 Å². The van der Waals surface area contributed by atoms with Gasteiger partial charge in [-0.05, 0) is 48.9 Å². The minimum Gasteiger partial charge on any atom is -0.377 e. The van der Waals surface area contributed by atoms with Gasteiger partial charge < -0.3 is 21.1 Å². The molecule has 0 saturated carbocycles. The maximum absolute atomic E-state index is 12.2. The number of anilines is 3. The molecule has 0 bridgehead atoms. The molecule has 0 atom stereocenters. The second kappa shape index (κ2) is 9.53. The zero-order valence-corrected chi connectivity index (χ0v) is 19.1. The van der Waals surface area contributed by atoms with Crippen LogP contribution in [0.2, 0.25) is 0 Å². The Morgan fingerprint density at radius 2 is 1.71 bits per heavy atom. The summed E-state index contributed by atoms with van der Waals surface area (Å²) in [6.45, 7) is 2.45. The topological polar surface area (TPSA) is 138 Å². The van der Waals surface area contributed by atoms with Crippen molar-refractivity contribution in [2.45, 2.75) is 18.9 Å². The Morgan fingerprint density at radius 1 is 0.971 bits per heavy atom. The van der Waals surface area contributed by atoms with Gasteiger partial charge in [-0.3, -0.25) is 4.79 Å². The first kappa shape index (κ1) is 22.5. The fourth-order valence-electron chi connectivity index (χ4n) is 3.56. The Balaban J connectivity index is 1.24. The summed E-state index contributed by atoms with van der Waals surface area (Å²) in [5.74, 6) is 1.98. The van der Waals surface area contributed by atoms with Gasteiger partial charge in [0.25, 0.3) is 5.91 Å². The van der Waals surface area contributed by atoms with Gasteiger partial charge in [-0.2, -0.15) is 0 Å². The normalized spacial score (nSPS) is 14.1. The van der Waals surface area contributed by atoms with Crippen LogP contribution in [-0.2, 0) is 11.2 Å². The lowest BCUT2D eigenvalue weighted by Gasteiger charge is -2.35. The standard InChI is InChI=1S/C25H24N8O2/c1-16-3-2-4-19(29-16)23-28-12-10-21(33-23)31-20-9-11-27-22(32-20)13-17-5-7-18(8-6-17)30-24(34)25(35)14-26-15-25/h2-12,26,35H,13-15H2,1H3,(H,30,34)(H,27,28,31,32,33). The first-order valence-corrected chi connectivity index (χ1v) is 11.2. The van der Waals surface area contributed by atoms with Gasteiger partial charge in [0.05, 0.1) is 0 Å². The first-order chi connectivity index (χ1) is 17.0. The number of hydrogen-bond acceptors (Lipinski definition) is 9. The number of pyridine rings is 1. The molecule has 3 aromatic heterocycles. The van der Waals surface area contributed by atoms with Crippen molar-refractivity contribution in [2.24, 2.45) is 0 Å². The predicted molar refractivity (Wildman–Crippen MR) is 131 cm³/mol. The third-order valence-corrected chi connectivity index (χ3v) is 5.57. The van der Waals surface area contributed by atoms with Gasteiger partial charge in [0.15, 0.2) is 11.4 Å². The molecule has 1 aliphatic heterocycles. The van der Waals surface area contributed by atoms with Crippen molar-refractivity contribution in [2.75, 3.05) is 23.7 Å². The molecular formula is C25H24N8O2. The molecule has 4 aromatic rings. The van der Waals surface area contributed by atoms with Crippen LogP contribution in [0.3, 0.4) is 0 Å². The van der Waals surface area contributed by atoms with Crippen molar-refractivity contribution in [3.8, 4) is 11.5 Å². The number of benzene rings is 1. The highest BCUT2D eigenvalue weighted by Gasteiger charge is 2.42. The molecule has 0 radical (unpaired) electrons. The third kappa shape index (κ3) is 5.29. The molecule has 0 spiro atoms. The second-order valence-electron chi connectivity index (χ2n) is 8.38. The minimum absolute atomic E-state index is 0.262. The minimum atomic E-state index is -1.33. The number of nitrogens with one attached hydrogen (secondary N) is 3. The Hall–Kier alpha value is -4.28. The summed E-state index contributed by atoms with van der Waals surface area (Å²) in [5, 5.41) is 18.9. The molecule has 0 unspecified atom stereocenters. The number of carbonyl (C=O) groups is 1. The van der Waals surface area contributed by atoms with Crippen molar-refractivity contribution >= 4 is 23.2 Å². The van der Waals surface area contributed by atoms with E-state index in [-0.39, 0.29) is 13.1 Å². The molecule has 1 aliphatic rings. The number of aliphatic hydroxyl groups is 1. The fourth-order valence-corrected chi connectivity index (χ4v) is 3.56. The number of rotatable bonds is 7. The molecule has 4 heterocycles. The van der Waals surface area contributed by atoms with Crippen molar-refractivity contribution in [3.63, 3.8) is 0 Å². The number of hydrogen-bond donors (Lipinski definition) is 4. The van der Waals surface area contributed by atoms with E-state index < -0.39 is 11.5 Å². The first-order valence-electron chi connectivity index (χ1n) is 11.2. The SMILES string of the molecule is Cc1cccc(-c2nccc(Nc3ccnc(Cc4ccc(NC(=O)C5(O)CNC5)cc4)n3)n2)n1. The van der Waals surface area contributed by atoms with Crippen molar-refractivity contribution in [1.29, 1.82) is 0 Å². The Kier molecular flexibility index (Phi) is 6.13. The summed E-state index contributed by atoms with van der Waals surface area (Å²) >= 11 is 0. The van der Waals surface area contributed by atoms with E-state index in [4.69, 9.17) is 0 Å². The largest absolute Gasteiger partial charge is 0.377 e. The Bertz CT molecular complexity index is 1360. The van der Waals surface area contributed by atoms with Gasteiger partial charge in [0, 0.05) is 43.3 Å². The molecule has 4 N–H and O–H groups in total. The van der Waals surface area contributed by atoms with Crippen LogP contribution >= 0.6 is 0 Å². The number of amides is 1. The van der Waals surface area contributed by atoms with Crippen LogP contribution in [0.25, 0.3) is 11.5 Å². The highest BCUT2D eigenvalue weighted by atomic mass is 16.3. The lowest BCUT2D eigenvalue weighted by Crippen LogP contribution is -2.65. The average molecular weight is 469 g/mol. The third-order valence-electron chi connectivity index (χ3n) is 5.57. The monoisotopic (exact) mass is 468 g/mol. The van der Waals surface area contributed by atoms with E-state index in [1.165, 1.54) is 0 Å². The van der Waals surface area contributed by atoms with E-state index in [1.54, 1.807) is 36.7 Å². The summed E-state index contributed by atoms with van der Waals surface area (Å²) < 4.78 is 0. The van der Waals surface area contributed by atoms with E-state index in [9.17, 15) is 9.90 Å². The molecule has 35 heavy (non-hydrogen) atoms. The Morgan fingerprint density at radius 3 is 2.43 bits per heavy atom. The lowest BCUT2D eigenvalue weighted by molar-refractivity contribution is -0.138. The summed E-state index contributed by atoms with van der Waals surface area (Å²) in [6, 6.07) is 16.7. The highest BCUT2D eigenvalue weighted by molar-refractivity contribution is 5.98. The van der Waals surface area contributed by atoms with Crippen molar-refractivity contribution in [3.05, 3.63) is 84.1 Å². The van der Waals surface area contributed by atoms with Crippen LogP contribution in [0, 0.1) is 6.92 Å². The molecule has 1 fully saturated rings. The highest BCUT2D eigenvalue weighted by Crippen LogP contribution is 2.19. The van der Waals surface area contributed by atoms with Crippen LogP contribution in [0.1, 0.15) is 17.1 Å². The molecule has 0 aliphatic carbocycles. The fraction of sp³-hybridized carbons (Fsp3) is 0.200. The summed E-state index contributed by atoms with van der Waals surface area (Å²) in [5.41, 5.74) is 1.88. The van der Waals surface area contributed by atoms with Crippen LogP contribution < -0.4 is 16.0 Å². The van der Waals surface area contributed by atoms with Crippen molar-refractivity contribution < 1.29 is 9.90 Å². The number of aromatic nitrogens is 5. The van der Waals surface area contributed by atoms with Gasteiger partial charge in [-0.25, -0.2) is 24.9 Å². The number of aryl methyl sites for hydroxylation is 1. The molecule has 10 nitrogen and oxygen atoms in total. The quantitative estimate of drug-likeness (QED) is 0.322. The molecular weight excluding hydrogens is 444 g/mol. The van der Waals surface area contributed by atoms with Crippen LogP contribution in [0.4, 0.5) is 17.3 Å². The van der Waals surface area contributed by atoms with Gasteiger partial charge in [0.2, 0.25) is 0 Å². The summed E-state index contributed by atoms with van der Waals surface area (Å²) in [6.07, 6.45) is 3.88. The van der Waals surface area contributed by atoms with Gasteiger partial charge in [-0.15, -0.1) is 0 Å². The van der Waals surface area contributed by atoms with E-state index in [0.717, 1.165) is 11.3 Å². The zero-order valence-electron chi connectivity index (χ0n) is 19.1. The Labute approximate surface area is 201 Å². The summed E-state index contributed by atoms with van der Waals surface area (Å²) in [7, 11) is 0. The smallest absolute Gasteiger partial charge is 0.259 e. The van der Waals surface area contributed by atoms with Gasteiger partial charge in [-0.1, -0.05) is 18.2 Å². The zero-order chi connectivity index (χ0) is 24.3. The molecule has 1 aromatic carbocycles. The summed E-state index contributed by atoms with van der Waals surface area (Å²) in [4.78, 5) is 34.5. The number of nitrogens with zero attached hydrogens (tertiary/aromatic N) is 5. The van der Waals surface area contributed by atoms with E-state index >= 15 is 0 Å². The lowest BCUT2D eigenvalue weighted by atomic mass is 9.96. The van der Waals surface area contributed by atoms with Crippen LogP contribution in [-0.4, -0.2) is 54.6 Å². The number of carbonyl (C=O) groups excluding carboxylic acids is 1. The predicted octanol–water partition coefficient (Wildman–Crippen LogP) is 2.24. The van der Waals surface area contributed by atoms with Gasteiger partial charge in [0.1, 0.15) is 23.2 Å². The molecule has 1 amide bonds. The number of β-amino-alcohol motifs (C(OH)–C–C–N with tert-alkyl or cyclic N) is 1.